The second-order valence-corrected chi connectivity index (χ2v) is 8.71. The van der Waals surface area contributed by atoms with E-state index in [4.69, 9.17) is 0 Å². The topological polar surface area (TPSA) is 81.4 Å². The average Bonchev–Trinajstić information content (AvgIpc) is 3.08. The Morgan fingerprint density at radius 3 is 2.31 bits per heavy atom. The number of hydrogen-bond donors (Lipinski definition) is 1. The lowest BCUT2D eigenvalue weighted by Crippen LogP contribution is -2.50. The van der Waals surface area contributed by atoms with Crippen LogP contribution in [0.3, 0.4) is 0 Å². The van der Waals surface area contributed by atoms with E-state index >= 15 is 0 Å². The van der Waals surface area contributed by atoms with Crippen molar-refractivity contribution in [1.29, 1.82) is 5.26 Å². The normalized spacial score (nSPS) is 13.9. The first-order valence-corrected chi connectivity index (χ1v) is 11.6. The Hall–Kier alpha value is -3.96. The van der Waals surface area contributed by atoms with Gasteiger partial charge in [0, 0.05) is 38.4 Å². The number of nitrogens with one attached hydrogen (secondary N) is 1. The number of hydrogen-bond acceptors (Lipinski definition) is 4. The van der Waals surface area contributed by atoms with Crippen molar-refractivity contribution >= 4 is 17.6 Å². The van der Waals surface area contributed by atoms with Crippen molar-refractivity contribution in [1.82, 2.24) is 14.4 Å². The summed E-state index contributed by atoms with van der Waals surface area (Å²) < 4.78 is 15.9. The van der Waals surface area contributed by atoms with Crippen molar-refractivity contribution < 1.29 is 14.0 Å². The fraction of sp³-hybridized carbons (Fsp3) is 0.296. The number of nitriles is 1. The third-order valence-corrected chi connectivity index (χ3v) is 6.51. The lowest BCUT2D eigenvalue weighted by Gasteiger charge is -2.34. The van der Waals surface area contributed by atoms with E-state index in [2.05, 4.69) is 11.4 Å². The van der Waals surface area contributed by atoms with Crippen LogP contribution in [-0.2, 0) is 11.3 Å². The van der Waals surface area contributed by atoms with Crippen molar-refractivity contribution in [2.75, 3.05) is 38.0 Å². The minimum Gasteiger partial charge on any atom is -0.336 e. The van der Waals surface area contributed by atoms with Crippen LogP contribution in [0.15, 0.2) is 54.6 Å². The second kappa shape index (κ2) is 10.5. The van der Waals surface area contributed by atoms with Gasteiger partial charge in [0.2, 0.25) is 5.91 Å². The Morgan fingerprint density at radius 1 is 1.00 bits per heavy atom. The van der Waals surface area contributed by atoms with Gasteiger partial charge >= 0.3 is 0 Å². The maximum Gasteiger partial charge on any atom is 0.256 e. The van der Waals surface area contributed by atoms with Gasteiger partial charge in [-0.1, -0.05) is 42.5 Å². The first-order valence-electron chi connectivity index (χ1n) is 11.6. The summed E-state index contributed by atoms with van der Waals surface area (Å²) in [5.74, 6) is -0.584. The number of carbonyl (C=O) groups is 2. The van der Waals surface area contributed by atoms with Crippen LogP contribution < -0.4 is 5.32 Å². The number of carbonyl (C=O) groups excluding carboxylic acids is 2. The van der Waals surface area contributed by atoms with Gasteiger partial charge in [0.05, 0.1) is 17.7 Å². The molecular formula is C27H28FN5O2. The highest BCUT2D eigenvalue weighted by molar-refractivity contribution is 5.95. The molecule has 3 aromatic rings. The summed E-state index contributed by atoms with van der Waals surface area (Å²) in [5.41, 5.74) is 3.38. The summed E-state index contributed by atoms with van der Waals surface area (Å²) >= 11 is 0. The van der Waals surface area contributed by atoms with Crippen molar-refractivity contribution in [3.8, 4) is 6.07 Å². The number of benzene rings is 2. The van der Waals surface area contributed by atoms with Crippen LogP contribution in [0.5, 0.6) is 0 Å². The third kappa shape index (κ3) is 5.26. The molecule has 0 spiro atoms. The van der Waals surface area contributed by atoms with Gasteiger partial charge < -0.3 is 14.8 Å². The molecule has 180 valence electrons. The number of amides is 2. The summed E-state index contributed by atoms with van der Waals surface area (Å²) in [6, 6.07) is 18.1. The summed E-state index contributed by atoms with van der Waals surface area (Å²) in [4.78, 5) is 29.2. The van der Waals surface area contributed by atoms with E-state index < -0.39 is 5.82 Å². The highest BCUT2D eigenvalue weighted by Gasteiger charge is 2.26. The largest absolute Gasteiger partial charge is 0.336 e. The fourth-order valence-corrected chi connectivity index (χ4v) is 4.38. The predicted molar refractivity (Wildman–Crippen MR) is 132 cm³/mol. The maximum atomic E-state index is 14.0. The van der Waals surface area contributed by atoms with Crippen LogP contribution >= 0.6 is 0 Å². The Morgan fingerprint density at radius 2 is 1.66 bits per heavy atom. The molecule has 1 aliphatic heterocycles. The van der Waals surface area contributed by atoms with E-state index in [-0.39, 0.29) is 23.9 Å². The summed E-state index contributed by atoms with van der Waals surface area (Å²) in [6.07, 6.45) is 0. The quantitative estimate of drug-likeness (QED) is 0.594. The number of aromatic nitrogens is 1. The fourth-order valence-electron chi connectivity index (χ4n) is 4.38. The first-order chi connectivity index (χ1) is 16.9. The molecule has 1 aromatic heterocycles. The minimum absolute atomic E-state index is 0.0626. The molecule has 8 heteroatoms. The Balaban J connectivity index is 1.40. The lowest BCUT2D eigenvalue weighted by molar-refractivity contribution is -0.117. The Labute approximate surface area is 204 Å². The van der Waals surface area contributed by atoms with Gasteiger partial charge in [0.25, 0.3) is 5.91 Å². The SMILES string of the molecule is Cc1c(C#N)c(NC(=O)CN2CCN(C(=O)c3ccccc3F)CC2)n(Cc2ccccc2)c1C. The molecule has 0 atom stereocenters. The molecule has 4 rings (SSSR count). The molecule has 0 aliphatic carbocycles. The van der Waals surface area contributed by atoms with Gasteiger partial charge in [-0.25, -0.2) is 4.39 Å². The number of halogens is 1. The van der Waals surface area contributed by atoms with E-state index in [1.807, 2.05) is 53.6 Å². The summed E-state index contributed by atoms with van der Waals surface area (Å²) in [5, 5.41) is 12.7. The van der Waals surface area contributed by atoms with Crippen LogP contribution in [0.4, 0.5) is 10.2 Å². The molecule has 1 N–H and O–H groups in total. The molecule has 2 aromatic carbocycles. The highest BCUT2D eigenvalue weighted by Crippen LogP contribution is 2.27. The molecule has 2 heterocycles. The molecule has 1 fully saturated rings. The van der Waals surface area contributed by atoms with Crippen molar-refractivity contribution in [2.24, 2.45) is 0 Å². The molecule has 0 bridgehead atoms. The number of anilines is 1. The van der Waals surface area contributed by atoms with Crippen molar-refractivity contribution in [3.63, 3.8) is 0 Å². The molecule has 0 saturated carbocycles. The number of rotatable bonds is 6. The maximum absolute atomic E-state index is 14.0. The Kier molecular flexibility index (Phi) is 7.28. The van der Waals surface area contributed by atoms with E-state index in [0.29, 0.717) is 44.1 Å². The Bertz CT molecular complexity index is 1270. The zero-order valence-corrected chi connectivity index (χ0v) is 19.9. The molecule has 0 unspecified atom stereocenters. The van der Waals surface area contributed by atoms with Crippen molar-refractivity contribution in [2.45, 2.75) is 20.4 Å². The standard InChI is InChI=1S/C27H28FN5O2/c1-19-20(2)33(17-21-8-4-3-5-9-21)26(23(19)16-29)30-25(34)18-31-12-14-32(15-13-31)27(35)22-10-6-7-11-24(22)28/h3-11H,12-15,17-18H2,1-2H3,(H,30,34). The van der Waals surface area contributed by atoms with E-state index in [9.17, 15) is 19.2 Å². The number of piperazine rings is 1. The van der Waals surface area contributed by atoms with Crippen molar-refractivity contribution in [3.05, 3.63) is 88.4 Å². The van der Waals surface area contributed by atoms with Gasteiger partial charge in [-0.05, 0) is 37.1 Å². The van der Waals surface area contributed by atoms with Gasteiger partial charge in [-0.2, -0.15) is 5.26 Å². The first kappa shape index (κ1) is 24.2. The average molecular weight is 474 g/mol. The van der Waals surface area contributed by atoms with Gasteiger partial charge in [-0.3, -0.25) is 14.5 Å². The molecular weight excluding hydrogens is 445 g/mol. The van der Waals surface area contributed by atoms with Gasteiger partial charge in [0.1, 0.15) is 17.7 Å². The van der Waals surface area contributed by atoms with Crippen LogP contribution in [0.1, 0.15) is 32.7 Å². The number of nitrogens with zero attached hydrogens (tertiary/aromatic N) is 4. The van der Waals surface area contributed by atoms with Crippen LogP contribution in [-0.4, -0.2) is 58.9 Å². The smallest absolute Gasteiger partial charge is 0.256 e. The lowest BCUT2D eigenvalue weighted by atomic mass is 10.1. The predicted octanol–water partition coefficient (Wildman–Crippen LogP) is 3.56. The van der Waals surface area contributed by atoms with E-state index in [0.717, 1.165) is 16.8 Å². The van der Waals surface area contributed by atoms with Crippen LogP contribution in [0.25, 0.3) is 0 Å². The van der Waals surface area contributed by atoms with Gasteiger partial charge in [0.15, 0.2) is 0 Å². The molecule has 0 radical (unpaired) electrons. The molecule has 1 aliphatic rings. The summed E-state index contributed by atoms with van der Waals surface area (Å²) in [6.45, 7) is 6.34. The molecule has 35 heavy (non-hydrogen) atoms. The molecule has 7 nitrogen and oxygen atoms in total. The van der Waals surface area contributed by atoms with Crippen LogP contribution in [0.2, 0.25) is 0 Å². The summed E-state index contributed by atoms with van der Waals surface area (Å²) in [7, 11) is 0. The molecule has 1 saturated heterocycles. The zero-order valence-electron chi connectivity index (χ0n) is 19.9. The molecule has 2 amide bonds. The van der Waals surface area contributed by atoms with Crippen LogP contribution in [0, 0.1) is 31.0 Å². The third-order valence-electron chi connectivity index (χ3n) is 6.51. The van der Waals surface area contributed by atoms with Gasteiger partial charge in [-0.15, -0.1) is 0 Å². The highest BCUT2D eigenvalue weighted by atomic mass is 19.1. The second-order valence-electron chi connectivity index (χ2n) is 8.71. The van der Waals surface area contributed by atoms with E-state index in [1.54, 1.807) is 17.0 Å². The minimum atomic E-state index is -0.531. The zero-order chi connectivity index (χ0) is 24.9. The monoisotopic (exact) mass is 473 g/mol. The van der Waals surface area contributed by atoms with E-state index in [1.165, 1.54) is 12.1 Å².